The molecule has 25 heavy (non-hydrogen) atoms. The SMILES string of the molecule is CNC1CCN(C(=O)CN2CCN(c3ccccn3)CC2)CC1.Cl.Cl. The second-order valence-electron chi connectivity index (χ2n) is 6.39. The number of rotatable bonds is 4. The van der Waals surface area contributed by atoms with Crippen LogP contribution >= 0.6 is 24.8 Å². The van der Waals surface area contributed by atoms with Crippen LogP contribution in [0.2, 0.25) is 0 Å². The van der Waals surface area contributed by atoms with Crippen LogP contribution < -0.4 is 10.2 Å². The first-order chi connectivity index (χ1) is 11.3. The Morgan fingerprint density at radius 3 is 2.36 bits per heavy atom. The summed E-state index contributed by atoms with van der Waals surface area (Å²) < 4.78 is 0. The number of hydrogen-bond donors (Lipinski definition) is 1. The van der Waals surface area contributed by atoms with Crippen molar-refractivity contribution in [3.8, 4) is 0 Å². The van der Waals surface area contributed by atoms with E-state index in [1.54, 1.807) is 0 Å². The van der Waals surface area contributed by atoms with Crippen molar-refractivity contribution >= 4 is 36.5 Å². The van der Waals surface area contributed by atoms with Crippen LogP contribution in [0.1, 0.15) is 12.8 Å². The van der Waals surface area contributed by atoms with Gasteiger partial charge in [-0.25, -0.2) is 4.98 Å². The fourth-order valence-electron chi connectivity index (χ4n) is 3.38. The molecule has 8 heteroatoms. The monoisotopic (exact) mass is 389 g/mol. The average Bonchev–Trinajstić information content (AvgIpc) is 2.63. The third kappa shape index (κ3) is 5.99. The van der Waals surface area contributed by atoms with Crippen molar-refractivity contribution in [3.05, 3.63) is 24.4 Å². The van der Waals surface area contributed by atoms with Gasteiger partial charge in [0.05, 0.1) is 6.54 Å². The van der Waals surface area contributed by atoms with Crippen molar-refractivity contribution in [2.24, 2.45) is 0 Å². The van der Waals surface area contributed by atoms with Gasteiger partial charge >= 0.3 is 0 Å². The largest absolute Gasteiger partial charge is 0.354 e. The maximum atomic E-state index is 12.5. The zero-order valence-electron chi connectivity index (χ0n) is 14.8. The number of likely N-dealkylation sites (tertiary alicyclic amines) is 1. The maximum absolute atomic E-state index is 12.5. The summed E-state index contributed by atoms with van der Waals surface area (Å²) in [5, 5.41) is 3.31. The number of pyridine rings is 1. The molecule has 1 amide bonds. The minimum atomic E-state index is 0. The lowest BCUT2D eigenvalue weighted by atomic mass is 10.1. The van der Waals surface area contributed by atoms with Crippen LogP contribution in [-0.4, -0.2) is 79.6 Å². The van der Waals surface area contributed by atoms with Crippen molar-refractivity contribution in [3.63, 3.8) is 0 Å². The second-order valence-corrected chi connectivity index (χ2v) is 6.39. The summed E-state index contributed by atoms with van der Waals surface area (Å²) in [5.74, 6) is 1.32. The number of hydrogen-bond acceptors (Lipinski definition) is 5. The molecular weight excluding hydrogens is 361 g/mol. The van der Waals surface area contributed by atoms with Gasteiger partial charge in [-0.3, -0.25) is 9.69 Å². The van der Waals surface area contributed by atoms with Gasteiger partial charge in [-0.05, 0) is 32.0 Å². The molecule has 1 N–H and O–H groups in total. The fourth-order valence-corrected chi connectivity index (χ4v) is 3.38. The number of piperazine rings is 1. The molecule has 0 aliphatic carbocycles. The minimum absolute atomic E-state index is 0. The number of anilines is 1. The Hall–Kier alpha value is -1.08. The Morgan fingerprint density at radius 2 is 1.80 bits per heavy atom. The van der Waals surface area contributed by atoms with Crippen LogP contribution in [0.5, 0.6) is 0 Å². The molecule has 6 nitrogen and oxygen atoms in total. The Balaban J connectivity index is 0.00000156. The van der Waals surface area contributed by atoms with Crippen molar-refractivity contribution in [1.29, 1.82) is 0 Å². The number of amides is 1. The van der Waals surface area contributed by atoms with Crippen molar-refractivity contribution < 1.29 is 4.79 Å². The zero-order chi connectivity index (χ0) is 16.1. The van der Waals surface area contributed by atoms with Gasteiger partial charge in [-0.1, -0.05) is 6.07 Å². The van der Waals surface area contributed by atoms with Crippen LogP contribution in [0, 0.1) is 0 Å². The van der Waals surface area contributed by atoms with Gasteiger partial charge in [-0.2, -0.15) is 0 Å². The van der Waals surface area contributed by atoms with E-state index in [0.29, 0.717) is 12.6 Å². The summed E-state index contributed by atoms with van der Waals surface area (Å²) in [6, 6.07) is 6.58. The van der Waals surface area contributed by atoms with Crippen LogP contribution in [0.4, 0.5) is 5.82 Å². The highest BCUT2D eigenvalue weighted by atomic mass is 35.5. The van der Waals surface area contributed by atoms with Gasteiger partial charge in [0.15, 0.2) is 0 Å². The smallest absolute Gasteiger partial charge is 0.236 e. The third-order valence-corrected chi connectivity index (χ3v) is 4.96. The lowest BCUT2D eigenvalue weighted by Crippen LogP contribution is -2.52. The molecule has 142 valence electrons. The molecule has 2 aliphatic rings. The van der Waals surface area contributed by atoms with Gasteiger partial charge < -0.3 is 15.1 Å². The summed E-state index contributed by atoms with van der Waals surface area (Å²) in [5.41, 5.74) is 0. The lowest BCUT2D eigenvalue weighted by Gasteiger charge is -2.37. The summed E-state index contributed by atoms with van der Waals surface area (Å²) in [7, 11) is 2.00. The molecule has 0 bridgehead atoms. The Labute approximate surface area is 162 Å². The van der Waals surface area contributed by atoms with E-state index in [-0.39, 0.29) is 30.7 Å². The molecule has 1 aromatic rings. The molecule has 3 rings (SSSR count). The maximum Gasteiger partial charge on any atom is 0.236 e. The number of carbonyl (C=O) groups is 1. The fraction of sp³-hybridized carbons (Fsp3) is 0.647. The molecule has 3 heterocycles. The van der Waals surface area contributed by atoms with E-state index < -0.39 is 0 Å². The predicted octanol–water partition coefficient (Wildman–Crippen LogP) is 1.26. The number of nitrogens with one attached hydrogen (secondary N) is 1. The van der Waals surface area contributed by atoms with E-state index in [0.717, 1.165) is 57.9 Å². The van der Waals surface area contributed by atoms with Crippen LogP contribution in [0.25, 0.3) is 0 Å². The highest BCUT2D eigenvalue weighted by Crippen LogP contribution is 2.14. The third-order valence-electron chi connectivity index (χ3n) is 4.96. The van der Waals surface area contributed by atoms with E-state index in [1.807, 2.05) is 36.3 Å². The first kappa shape index (κ1) is 22.0. The molecule has 0 radical (unpaired) electrons. The number of halogens is 2. The molecule has 0 spiro atoms. The average molecular weight is 390 g/mol. The predicted molar refractivity (Wildman–Crippen MR) is 106 cm³/mol. The molecule has 0 unspecified atom stereocenters. The van der Waals surface area contributed by atoms with Gasteiger partial charge in [-0.15, -0.1) is 24.8 Å². The van der Waals surface area contributed by atoms with E-state index in [1.165, 1.54) is 0 Å². The molecule has 0 atom stereocenters. The number of aromatic nitrogens is 1. The highest BCUT2D eigenvalue weighted by Gasteiger charge is 2.25. The van der Waals surface area contributed by atoms with Gasteiger partial charge in [0, 0.05) is 51.5 Å². The van der Waals surface area contributed by atoms with Gasteiger partial charge in [0.2, 0.25) is 5.91 Å². The van der Waals surface area contributed by atoms with E-state index in [9.17, 15) is 4.79 Å². The number of piperidine rings is 1. The first-order valence-corrected chi connectivity index (χ1v) is 8.59. The minimum Gasteiger partial charge on any atom is -0.354 e. The molecule has 0 saturated carbocycles. The molecule has 2 saturated heterocycles. The zero-order valence-corrected chi connectivity index (χ0v) is 16.4. The summed E-state index contributed by atoms with van der Waals surface area (Å²) in [6.07, 6.45) is 3.96. The van der Waals surface area contributed by atoms with Gasteiger partial charge in [0.25, 0.3) is 0 Å². The standard InChI is InChI=1S/C17H27N5O.2ClH/c1-18-15-5-8-22(9-6-15)17(23)14-20-10-12-21(13-11-20)16-4-2-3-7-19-16;;/h2-4,7,15,18H,5-6,8-14H2,1H3;2*1H. The molecule has 2 aliphatic heterocycles. The van der Waals surface area contributed by atoms with Crippen LogP contribution in [-0.2, 0) is 4.79 Å². The summed E-state index contributed by atoms with van der Waals surface area (Å²) in [4.78, 5) is 23.4. The summed E-state index contributed by atoms with van der Waals surface area (Å²) in [6.45, 7) is 6.06. The van der Waals surface area contributed by atoms with Crippen molar-refractivity contribution in [1.82, 2.24) is 20.1 Å². The van der Waals surface area contributed by atoms with Crippen molar-refractivity contribution in [2.45, 2.75) is 18.9 Å². The van der Waals surface area contributed by atoms with E-state index in [2.05, 4.69) is 20.1 Å². The Bertz CT molecular complexity index is 503. The molecule has 2 fully saturated rings. The van der Waals surface area contributed by atoms with Gasteiger partial charge in [0.1, 0.15) is 5.82 Å². The Kier molecular flexibility index (Phi) is 9.50. The lowest BCUT2D eigenvalue weighted by molar-refractivity contribution is -0.133. The van der Waals surface area contributed by atoms with Crippen LogP contribution in [0.15, 0.2) is 24.4 Å². The van der Waals surface area contributed by atoms with E-state index >= 15 is 0 Å². The first-order valence-electron chi connectivity index (χ1n) is 8.59. The second kappa shape index (κ2) is 10.8. The highest BCUT2D eigenvalue weighted by molar-refractivity contribution is 5.85. The molecule has 0 aromatic carbocycles. The quantitative estimate of drug-likeness (QED) is 0.839. The van der Waals surface area contributed by atoms with E-state index in [4.69, 9.17) is 0 Å². The van der Waals surface area contributed by atoms with Crippen LogP contribution in [0.3, 0.4) is 0 Å². The summed E-state index contributed by atoms with van der Waals surface area (Å²) >= 11 is 0. The van der Waals surface area contributed by atoms with Crippen molar-refractivity contribution in [2.75, 3.05) is 57.8 Å². The number of carbonyl (C=O) groups excluding carboxylic acids is 1. The molecule has 1 aromatic heterocycles. The number of nitrogens with zero attached hydrogens (tertiary/aromatic N) is 4. The Morgan fingerprint density at radius 1 is 1.12 bits per heavy atom. The topological polar surface area (TPSA) is 51.7 Å². The molecular formula is C17H29Cl2N5O. The normalized spacial score (nSPS) is 19.1.